The number of ether oxygens (including phenoxy) is 1. The van der Waals surface area contributed by atoms with E-state index in [9.17, 15) is 9.18 Å². The van der Waals surface area contributed by atoms with Crippen molar-refractivity contribution in [3.05, 3.63) is 0 Å². The maximum atomic E-state index is 11.5. The van der Waals surface area contributed by atoms with E-state index in [1.807, 2.05) is 6.92 Å². The van der Waals surface area contributed by atoms with Crippen LogP contribution in [0.4, 0.5) is 4.39 Å². The quantitative estimate of drug-likeness (QED) is 0.571. The minimum atomic E-state index is -1.03. The van der Waals surface area contributed by atoms with Crippen LogP contribution in [0.1, 0.15) is 27.2 Å². The van der Waals surface area contributed by atoms with Gasteiger partial charge in [0.2, 0.25) is 6.86 Å². The van der Waals surface area contributed by atoms with Crippen molar-refractivity contribution in [2.24, 2.45) is 5.41 Å². The van der Waals surface area contributed by atoms with E-state index in [0.29, 0.717) is 6.42 Å². The normalized spacial score (nSPS) is 11.2. The molecule has 0 fully saturated rings. The largest absolute Gasteiger partial charge is 0.433 e. The molecule has 2 nitrogen and oxygen atoms in total. The number of halogens is 1. The van der Waals surface area contributed by atoms with E-state index in [0.717, 1.165) is 0 Å². The molecule has 10 heavy (non-hydrogen) atoms. The molecule has 0 aromatic carbocycles. The average Bonchev–Trinajstić information content (AvgIpc) is 1.89. The Balaban J connectivity index is 3.91. The second-order valence-electron chi connectivity index (χ2n) is 2.78. The first-order chi connectivity index (χ1) is 4.54. The molecule has 0 spiro atoms. The summed E-state index contributed by atoms with van der Waals surface area (Å²) < 4.78 is 15.7. The molecule has 0 aromatic heterocycles. The van der Waals surface area contributed by atoms with Crippen LogP contribution < -0.4 is 0 Å². The average molecular weight is 148 g/mol. The van der Waals surface area contributed by atoms with Crippen molar-refractivity contribution in [3.8, 4) is 0 Å². The fraction of sp³-hybridized carbons (Fsp3) is 0.857. The molecular formula is C7H13FO2. The third-order valence-electron chi connectivity index (χ3n) is 1.62. The molecule has 0 aliphatic rings. The number of carbonyl (C=O) groups is 1. The highest BCUT2D eigenvalue weighted by molar-refractivity contribution is 5.75. The smallest absolute Gasteiger partial charge is 0.313 e. The summed E-state index contributed by atoms with van der Waals surface area (Å²) in [5.74, 6) is -0.475. The lowest BCUT2D eigenvalue weighted by Crippen LogP contribution is -2.25. The van der Waals surface area contributed by atoms with Crippen LogP contribution in [0.25, 0.3) is 0 Å². The highest BCUT2D eigenvalue weighted by Crippen LogP contribution is 2.21. The molecular weight excluding hydrogens is 135 g/mol. The van der Waals surface area contributed by atoms with Crippen molar-refractivity contribution in [2.45, 2.75) is 27.2 Å². The highest BCUT2D eigenvalue weighted by atomic mass is 19.1. The number of rotatable bonds is 3. The summed E-state index contributed by atoms with van der Waals surface area (Å²) in [7, 11) is 0. The van der Waals surface area contributed by atoms with Gasteiger partial charge in [-0.3, -0.25) is 4.79 Å². The molecule has 0 saturated heterocycles. The molecule has 0 aliphatic carbocycles. The molecule has 0 N–H and O–H groups in total. The first kappa shape index (κ1) is 9.40. The van der Waals surface area contributed by atoms with Crippen molar-refractivity contribution in [1.29, 1.82) is 0 Å². The fourth-order valence-electron chi connectivity index (χ4n) is 0.389. The van der Waals surface area contributed by atoms with Crippen LogP contribution in [0, 0.1) is 5.41 Å². The molecule has 0 radical (unpaired) electrons. The van der Waals surface area contributed by atoms with Crippen LogP contribution in [0.3, 0.4) is 0 Å². The standard InChI is InChI=1S/C7H13FO2/c1-4-7(2,3)6(9)10-5-8/h4-5H2,1-3H3. The lowest BCUT2D eigenvalue weighted by Gasteiger charge is -2.18. The van der Waals surface area contributed by atoms with Crippen molar-refractivity contribution in [1.82, 2.24) is 0 Å². The van der Waals surface area contributed by atoms with E-state index in [1.165, 1.54) is 0 Å². The maximum Gasteiger partial charge on any atom is 0.313 e. The number of esters is 1. The number of alkyl halides is 1. The summed E-state index contributed by atoms with van der Waals surface area (Å²) in [5.41, 5.74) is -0.550. The third kappa shape index (κ3) is 2.33. The molecule has 0 saturated carbocycles. The third-order valence-corrected chi connectivity index (χ3v) is 1.62. The van der Waals surface area contributed by atoms with Gasteiger partial charge in [0.15, 0.2) is 0 Å². The van der Waals surface area contributed by atoms with Gasteiger partial charge >= 0.3 is 5.97 Å². The zero-order chi connectivity index (χ0) is 8.20. The Kier molecular flexibility index (Phi) is 3.33. The van der Waals surface area contributed by atoms with Gasteiger partial charge in [-0.25, -0.2) is 4.39 Å². The zero-order valence-electron chi connectivity index (χ0n) is 6.61. The fourth-order valence-corrected chi connectivity index (χ4v) is 0.389. The molecule has 0 unspecified atom stereocenters. The summed E-state index contributed by atoms with van der Waals surface area (Å²) in [4.78, 5) is 10.8. The second-order valence-corrected chi connectivity index (χ2v) is 2.78. The molecule has 0 heterocycles. The highest BCUT2D eigenvalue weighted by Gasteiger charge is 2.26. The van der Waals surface area contributed by atoms with Crippen LogP contribution in [-0.4, -0.2) is 12.8 Å². The lowest BCUT2D eigenvalue weighted by atomic mass is 9.91. The van der Waals surface area contributed by atoms with Crippen LogP contribution in [-0.2, 0) is 9.53 Å². The second kappa shape index (κ2) is 3.54. The van der Waals surface area contributed by atoms with E-state index >= 15 is 0 Å². The molecule has 0 bridgehead atoms. The Morgan fingerprint density at radius 3 is 2.40 bits per heavy atom. The van der Waals surface area contributed by atoms with Crippen LogP contribution in [0.15, 0.2) is 0 Å². The number of hydrogen-bond acceptors (Lipinski definition) is 2. The van der Waals surface area contributed by atoms with E-state index in [-0.39, 0.29) is 0 Å². The van der Waals surface area contributed by atoms with E-state index in [1.54, 1.807) is 13.8 Å². The lowest BCUT2D eigenvalue weighted by molar-refractivity contribution is -0.158. The minimum absolute atomic E-state index is 0.475. The summed E-state index contributed by atoms with van der Waals surface area (Å²) in [6, 6.07) is 0. The van der Waals surface area contributed by atoms with Crippen molar-refractivity contribution < 1.29 is 13.9 Å². The van der Waals surface area contributed by atoms with Gasteiger partial charge in [0.05, 0.1) is 5.41 Å². The van der Waals surface area contributed by atoms with Gasteiger partial charge in [0.25, 0.3) is 0 Å². The van der Waals surface area contributed by atoms with Crippen molar-refractivity contribution >= 4 is 5.97 Å². The molecule has 3 heteroatoms. The maximum absolute atomic E-state index is 11.5. The summed E-state index contributed by atoms with van der Waals surface area (Å²) in [5, 5.41) is 0. The van der Waals surface area contributed by atoms with Crippen LogP contribution in [0.5, 0.6) is 0 Å². The SMILES string of the molecule is CCC(C)(C)C(=O)OCF. The Bertz CT molecular complexity index is 121. The molecule has 60 valence electrons. The molecule has 0 amide bonds. The number of hydrogen-bond donors (Lipinski definition) is 0. The van der Waals surface area contributed by atoms with Gasteiger partial charge in [-0.1, -0.05) is 6.92 Å². The molecule has 0 aromatic rings. The Hall–Kier alpha value is -0.600. The van der Waals surface area contributed by atoms with Crippen LogP contribution >= 0.6 is 0 Å². The number of carbonyl (C=O) groups excluding carboxylic acids is 1. The molecule has 0 atom stereocenters. The van der Waals surface area contributed by atoms with Crippen molar-refractivity contribution in [3.63, 3.8) is 0 Å². The van der Waals surface area contributed by atoms with E-state index < -0.39 is 18.2 Å². The Morgan fingerprint density at radius 2 is 2.10 bits per heavy atom. The van der Waals surface area contributed by atoms with Gasteiger partial charge < -0.3 is 4.74 Å². The van der Waals surface area contributed by atoms with Gasteiger partial charge in [-0.05, 0) is 20.3 Å². The minimum Gasteiger partial charge on any atom is -0.433 e. The predicted molar refractivity (Wildman–Crippen MR) is 36.1 cm³/mol. The van der Waals surface area contributed by atoms with Gasteiger partial charge in [-0.2, -0.15) is 0 Å². The van der Waals surface area contributed by atoms with Gasteiger partial charge in [-0.15, -0.1) is 0 Å². The van der Waals surface area contributed by atoms with Crippen molar-refractivity contribution in [2.75, 3.05) is 6.86 Å². The monoisotopic (exact) mass is 148 g/mol. The first-order valence-electron chi connectivity index (χ1n) is 3.27. The molecule has 0 aliphatic heterocycles. The van der Waals surface area contributed by atoms with Gasteiger partial charge in [0.1, 0.15) is 0 Å². The zero-order valence-corrected chi connectivity index (χ0v) is 6.61. The summed E-state index contributed by atoms with van der Waals surface area (Å²) in [6.07, 6.45) is 0.659. The van der Waals surface area contributed by atoms with E-state index in [4.69, 9.17) is 0 Å². The summed E-state index contributed by atoms with van der Waals surface area (Å²) in [6.45, 7) is 4.29. The molecule has 0 rings (SSSR count). The Morgan fingerprint density at radius 1 is 1.60 bits per heavy atom. The van der Waals surface area contributed by atoms with Gasteiger partial charge in [0, 0.05) is 0 Å². The first-order valence-corrected chi connectivity index (χ1v) is 3.27. The summed E-state index contributed by atoms with van der Waals surface area (Å²) >= 11 is 0. The van der Waals surface area contributed by atoms with E-state index in [2.05, 4.69) is 4.74 Å². The topological polar surface area (TPSA) is 26.3 Å². The van der Waals surface area contributed by atoms with Crippen LogP contribution in [0.2, 0.25) is 0 Å². The Labute approximate surface area is 60.4 Å². The predicted octanol–water partition coefficient (Wildman–Crippen LogP) is 1.89.